The number of ether oxygens (including phenoxy) is 1. The molecule has 0 spiro atoms. The molecule has 108 valence electrons. The summed E-state index contributed by atoms with van der Waals surface area (Å²) in [6, 6.07) is 18.5. The van der Waals surface area contributed by atoms with Crippen LogP contribution in [0.3, 0.4) is 0 Å². The summed E-state index contributed by atoms with van der Waals surface area (Å²) in [4.78, 5) is 24.0. The molecule has 3 rings (SSSR count). The van der Waals surface area contributed by atoms with E-state index in [9.17, 15) is 9.59 Å². The van der Waals surface area contributed by atoms with E-state index in [1.54, 1.807) is 42.5 Å². The van der Waals surface area contributed by atoms with Gasteiger partial charge in [0.15, 0.2) is 5.78 Å². The second-order valence-electron chi connectivity index (χ2n) is 4.59. The van der Waals surface area contributed by atoms with Crippen LogP contribution in [0, 0.1) is 0 Å². The van der Waals surface area contributed by atoms with Gasteiger partial charge in [-0.2, -0.15) is 0 Å². The van der Waals surface area contributed by atoms with Crippen LogP contribution in [0.15, 0.2) is 77.4 Å². The van der Waals surface area contributed by atoms with E-state index in [0.29, 0.717) is 16.9 Å². The first-order valence-corrected chi connectivity index (χ1v) is 6.69. The average molecular weight is 292 g/mol. The Bertz CT molecular complexity index is 772. The number of carbonyl (C=O) groups is 2. The van der Waals surface area contributed by atoms with Gasteiger partial charge in [-0.3, -0.25) is 4.79 Å². The molecule has 22 heavy (non-hydrogen) atoms. The first-order chi connectivity index (χ1) is 10.7. The van der Waals surface area contributed by atoms with Crippen LogP contribution < -0.4 is 4.74 Å². The summed E-state index contributed by atoms with van der Waals surface area (Å²) >= 11 is 0. The topological polar surface area (TPSA) is 56.5 Å². The molecule has 1 aromatic heterocycles. The second kappa shape index (κ2) is 6.10. The zero-order valence-corrected chi connectivity index (χ0v) is 11.6. The quantitative estimate of drug-likeness (QED) is 0.417. The zero-order chi connectivity index (χ0) is 15.4. The van der Waals surface area contributed by atoms with Crippen molar-refractivity contribution in [3.63, 3.8) is 0 Å². The van der Waals surface area contributed by atoms with E-state index in [-0.39, 0.29) is 11.5 Å². The fourth-order valence-electron chi connectivity index (χ4n) is 1.98. The molecule has 4 nitrogen and oxygen atoms in total. The molecule has 1 heterocycles. The molecule has 0 amide bonds. The van der Waals surface area contributed by atoms with Crippen LogP contribution in [0.5, 0.6) is 5.75 Å². The van der Waals surface area contributed by atoms with E-state index in [2.05, 4.69) is 0 Å². The minimum atomic E-state index is -0.577. The fraction of sp³-hybridized carbons (Fsp3) is 0. The number of rotatable bonds is 4. The normalized spacial score (nSPS) is 10.2. The average Bonchev–Trinajstić information content (AvgIpc) is 3.10. The van der Waals surface area contributed by atoms with Crippen molar-refractivity contribution in [3.8, 4) is 5.75 Å². The van der Waals surface area contributed by atoms with Crippen molar-refractivity contribution in [2.45, 2.75) is 0 Å². The van der Waals surface area contributed by atoms with Crippen molar-refractivity contribution in [2.24, 2.45) is 0 Å². The monoisotopic (exact) mass is 292 g/mol. The molecule has 0 bridgehead atoms. The third kappa shape index (κ3) is 2.96. The number of furan rings is 1. The second-order valence-corrected chi connectivity index (χ2v) is 4.59. The van der Waals surface area contributed by atoms with Gasteiger partial charge in [0.2, 0.25) is 5.76 Å². The van der Waals surface area contributed by atoms with E-state index < -0.39 is 5.97 Å². The third-order valence-corrected chi connectivity index (χ3v) is 3.09. The molecule has 0 saturated heterocycles. The van der Waals surface area contributed by atoms with Gasteiger partial charge in [-0.05, 0) is 36.4 Å². The van der Waals surface area contributed by atoms with Crippen LogP contribution >= 0.6 is 0 Å². The molecule has 0 atom stereocenters. The number of benzene rings is 2. The Morgan fingerprint density at radius 3 is 2.09 bits per heavy atom. The standard InChI is InChI=1S/C18H12O4/c19-17(13-5-2-1-3-6-13)14-8-10-15(11-9-14)22-18(20)16-7-4-12-21-16/h1-12H. The number of esters is 1. The Kier molecular flexibility index (Phi) is 3.83. The Morgan fingerprint density at radius 2 is 1.45 bits per heavy atom. The van der Waals surface area contributed by atoms with E-state index >= 15 is 0 Å². The van der Waals surface area contributed by atoms with E-state index in [1.807, 2.05) is 18.2 Å². The first kappa shape index (κ1) is 13.8. The summed E-state index contributed by atoms with van der Waals surface area (Å²) in [5.41, 5.74) is 1.15. The number of carbonyl (C=O) groups excluding carboxylic acids is 2. The largest absolute Gasteiger partial charge is 0.457 e. The molecular formula is C18H12O4. The number of hydrogen-bond donors (Lipinski definition) is 0. The van der Waals surface area contributed by atoms with Crippen LogP contribution in [0.25, 0.3) is 0 Å². The van der Waals surface area contributed by atoms with Gasteiger partial charge in [0.05, 0.1) is 6.26 Å². The summed E-state index contributed by atoms with van der Waals surface area (Å²) in [6.45, 7) is 0. The van der Waals surface area contributed by atoms with Gasteiger partial charge in [-0.15, -0.1) is 0 Å². The Hall–Kier alpha value is -3.14. The van der Waals surface area contributed by atoms with Crippen molar-refractivity contribution >= 4 is 11.8 Å². The molecule has 0 fully saturated rings. The van der Waals surface area contributed by atoms with Crippen molar-refractivity contribution in [2.75, 3.05) is 0 Å². The maximum absolute atomic E-state index is 12.2. The molecule has 4 heteroatoms. The summed E-state index contributed by atoms with van der Waals surface area (Å²) in [5.74, 6) is -0.174. The number of ketones is 1. The van der Waals surface area contributed by atoms with E-state index in [4.69, 9.17) is 9.15 Å². The molecule has 0 unspecified atom stereocenters. The molecule has 2 aromatic carbocycles. The Balaban J connectivity index is 1.73. The zero-order valence-electron chi connectivity index (χ0n) is 11.6. The highest BCUT2D eigenvalue weighted by molar-refractivity contribution is 6.09. The van der Waals surface area contributed by atoms with Crippen molar-refractivity contribution in [1.29, 1.82) is 0 Å². The molecule has 0 aliphatic carbocycles. The molecule has 0 aliphatic heterocycles. The minimum Gasteiger partial charge on any atom is -0.457 e. The van der Waals surface area contributed by atoms with E-state index in [0.717, 1.165) is 0 Å². The van der Waals surface area contributed by atoms with Gasteiger partial charge in [-0.1, -0.05) is 30.3 Å². The van der Waals surface area contributed by atoms with Gasteiger partial charge in [-0.25, -0.2) is 4.79 Å². The minimum absolute atomic E-state index is 0.0792. The maximum atomic E-state index is 12.2. The predicted molar refractivity (Wildman–Crippen MR) is 80.0 cm³/mol. The SMILES string of the molecule is O=C(c1ccccc1)c1ccc(OC(=O)c2ccco2)cc1. The van der Waals surface area contributed by atoms with Crippen LogP contribution in [0.1, 0.15) is 26.5 Å². The highest BCUT2D eigenvalue weighted by Crippen LogP contribution is 2.17. The third-order valence-electron chi connectivity index (χ3n) is 3.09. The van der Waals surface area contributed by atoms with Crippen molar-refractivity contribution in [1.82, 2.24) is 0 Å². The summed E-state index contributed by atoms with van der Waals surface area (Å²) in [7, 11) is 0. The molecule has 3 aromatic rings. The lowest BCUT2D eigenvalue weighted by Gasteiger charge is -2.04. The van der Waals surface area contributed by atoms with Crippen molar-refractivity contribution in [3.05, 3.63) is 89.9 Å². The lowest BCUT2D eigenvalue weighted by molar-refractivity contribution is 0.0701. The lowest BCUT2D eigenvalue weighted by atomic mass is 10.0. The van der Waals surface area contributed by atoms with Crippen LogP contribution in [-0.4, -0.2) is 11.8 Å². The Morgan fingerprint density at radius 1 is 0.773 bits per heavy atom. The Labute approximate surface area is 127 Å². The van der Waals surface area contributed by atoms with Gasteiger partial charge in [0.25, 0.3) is 0 Å². The van der Waals surface area contributed by atoms with E-state index in [1.165, 1.54) is 12.3 Å². The molecule has 0 saturated carbocycles. The first-order valence-electron chi connectivity index (χ1n) is 6.69. The van der Waals surface area contributed by atoms with Crippen LogP contribution in [-0.2, 0) is 0 Å². The highest BCUT2D eigenvalue weighted by Gasteiger charge is 2.12. The van der Waals surface area contributed by atoms with Gasteiger partial charge >= 0.3 is 5.97 Å². The molecule has 0 radical (unpaired) electrons. The predicted octanol–water partition coefficient (Wildman–Crippen LogP) is 3.73. The summed E-state index contributed by atoms with van der Waals surface area (Å²) in [6.07, 6.45) is 1.40. The van der Waals surface area contributed by atoms with Gasteiger partial charge in [0, 0.05) is 11.1 Å². The van der Waals surface area contributed by atoms with Gasteiger partial charge in [0.1, 0.15) is 5.75 Å². The number of hydrogen-bond acceptors (Lipinski definition) is 4. The highest BCUT2D eigenvalue weighted by atomic mass is 16.5. The molecular weight excluding hydrogens is 280 g/mol. The smallest absolute Gasteiger partial charge is 0.379 e. The molecule has 0 N–H and O–H groups in total. The fourth-order valence-corrected chi connectivity index (χ4v) is 1.98. The maximum Gasteiger partial charge on any atom is 0.379 e. The van der Waals surface area contributed by atoms with Crippen LogP contribution in [0.2, 0.25) is 0 Å². The molecule has 0 aliphatic rings. The summed E-state index contributed by atoms with van der Waals surface area (Å²) < 4.78 is 10.1. The summed E-state index contributed by atoms with van der Waals surface area (Å²) in [5, 5.41) is 0. The lowest BCUT2D eigenvalue weighted by Crippen LogP contribution is -2.07. The van der Waals surface area contributed by atoms with Gasteiger partial charge < -0.3 is 9.15 Å². The van der Waals surface area contributed by atoms with Crippen LogP contribution in [0.4, 0.5) is 0 Å². The van der Waals surface area contributed by atoms with Crippen molar-refractivity contribution < 1.29 is 18.7 Å².